The van der Waals surface area contributed by atoms with Gasteiger partial charge in [-0.25, -0.2) is 8.42 Å². The van der Waals surface area contributed by atoms with Crippen LogP contribution in [0, 0.1) is 12.8 Å². The van der Waals surface area contributed by atoms with Gasteiger partial charge in [-0.1, -0.05) is 13.0 Å². The molecule has 4 nitrogen and oxygen atoms in total. The molecule has 0 spiro atoms. The van der Waals surface area contributed by atoms with Gasteiger partial charge in [0.05, 0.1) is 4.90 Å². The number of nitrogens with zero attached hydrogens (tertiary/aromatic N) is 1. The number of aryl methyl sites for hydroxylation is 1. The molecule has 0 unspecified atom stereocenters. The van der Waals surface area contributed by atoms with Crippen molar-refractivity contribution in [2.24, 2.45) is 5.92 Å². The second-order valence-corrected chi connectivity index (χ2v) is 7.64. The van der Waals surface area contributed by atoms with Crippen molar-refractivity contribution in [3.05, 3.63) is 29.3 Å². The Bertz CT molecular complexity index is 561. The average Bonchev–Trinajstić information content (AvgIpc) is 2.42. The van der Waals surface area contributed by atoms with Gasteiger partial charge in [-0.2, -0.15) is 4.31 Å². The summed E-state index contributed by atoms with van der Waals surface area (Å²) in [5.41, 5.74) is 2.16. The molecule has 0 radical (unpaired) electrons. The lowest BCUT2D eigenvalue weighted by Crippen LogP contribution is -2.37. The van der Waals surface area contributed by atoms with Crippen LogP contribution in [-0.4, -0.2) is 32.9 Å². The number of hydrogen-bond acceptors (Lipinski definition) is 3. The molecule has 1 heterocycles. The topological polar surface area (TPSA) is 49.4 Å². The van der Waals surface area contributed by atoms with E-state index >= 15 is 0 Å². The maximum absolute atomic E-state index is 12.7. The third kappa shape index (κ3) is 3.22. The van der Waals surface area contributed by atoms with E-state index in [-0.39, 0.29) is 0 Å². The molecule has 1 N–H and O–H groups in total. The predicted octanol–water partition coefficient (Wildman–Crippen LogP) is 2.14. The van der Waals surface area contributed by atoms with Crippen LogP contribution in [0.15, 0.2) is 23.1 Å². The fourth-order valence-electron chi connectivity index (χ4n) is 2.56. The van der Waals surface area contributed by atoms with Gasteiger partial charge >= 0.3 is 0 Å². The van der Waals surface area contributed by atoms with Gasteiger partial charge in [0.2, 0.25) is 10.0 Å². The molecule has 1 aromatic rings. The van der Waals surface area contributed by atoms with Crippen molar-refractivity contribution in [3.8, 4) is 0 Å². The lowest BCUT2D eigenvalue weighted by molar-refractivity contribution is 0.288. The Kier molecular flexibility index (Phi) is 4.83. The molecular weight excluding hydrogens is 272 g/mol. The first-order valence-electron chi connectivity index (χ1n) is 7.19. The van der Waals surface area contributed by atoms with Gasteiger partial charge < -0.3 is 5.32 Å². The van der Waals surface area contributed by atoms with Crippen LogP contribution in [0.5, 0.6) is 0 Å². The molecule has 0 aliphatic carbocycles. The first-order chi connectivity index (χ1) is 9.45. The van der Waals surface area contributed by atoms with Crippen LogP contribution in [-0.2, 0) is 16.6 Å². The van der Waals surface area contributed by atoms with Crippen molar-refractivity contribution in [3.63, 3.8) is 0 Å². The summed E-state index contributed by atoms with van der Waals surface area (Å²) in [7, 11) is -1.47. The fourth-order valence-corrected chi connectivity index (χ4v) is 4.08. The number of rotatable bonds is 4. The maximum atomic E-state index is 12.7. The van der Waals surface area contributed by atoms with E-state index in [2.05, 4.69) is 12.2 Å². The van der Waals surface area contributed by atoms with Gasteiger partial charge in [0, 0.05) is 19.6 Å². The number of piperidine rings is 1. The summed E-state index contributed by atoms with van der Waals surface area (Å²) >= 11 is 0. The Morgan fingerprint density at radius 2 is 1.95 bits per heavy atom. The quantitative estimate of drug-likeness (QED) is 0.926. The third-order valence-electron chi connectivity index (χ3n) is 4.07. The summed E-state index contributed by atoms with van der Waals surface area (Å²) in [4.78, 5) is 0.419. The lowest BCUT2D eigenvalue weighted by atomic mass is 10.0. The van der Waals surface area contributed by atoms with E-state index in [1.54, 1.807) is 16.4 Å². The lowest BCUT2D eigenvalue weighted by Gasteiger charge is -2.29. The van der Waals surface area contributed by atoms with E-state index in [9.17, 15) is 8.42 Å². The molecule has 0 saturated carbocycles. The van der Waals surface area contributed by atoms with Crippen LogP contribution < -0.4 is 5.32 Å². The Morgan fingerprint density at radius 1 is 1.30 bits per heavy atom. The molecule has 0 bridgehead atoms. The average molecular weight is 296 g/mol. The highest BCUT2D eigenvalue weighted by Crippen LogP contribution is 2.24. The molecular formula is C15H24N2O2S. The van der Waals surface area contributed by atoms with Crippen molar-refractivity contribution >= 4 is 10.0 Å². The fraction of sp³-hybridized carbons (Fsp3) is 0.600. The minimum Gasteiger partial charge on any atom is -0.316 e. The zero-order valence-electron chi connectivity index (χ0n) is 12.5. The maximum Gasteiger partial charge on any atom is 0.243 e. The zero-order valence-corrected chi connectivity index (χ0v) is 13.3. The second kappa shape index (κ2) is 6.24. The van der Waals surface area contributed by atoms with Crippen LogP contribution in [0.1, 0.15) is 30.9 Å². The third-order valence-corrected chi connectivity index (χ3v) is 5.96. The van der Waals surface area contributed by atoms with Gasteiger partial charge in [-0.05, 0) is 56.0 Å². The summed E-state index contributed by atoms with van der Waals surface area (Å²) in [6.45, 7) is 6.15. The molecule has 20 heavy (non-hydrogen) atoms. The number of sulfonamides is 1. The molecule has 0 aromatic heterocycles. The van der Waals surface area contributed by atoms with Gasteiger partial charge in [0.1, 0.15) is 0 Å². The first-order valence-corrected chi connectivity index (χ1v) is 8.63. The summed E-state index contributed by atoms with van der Waals surface area (Å²) in [5, 5.41) is 3.08. The van der Waals surface area contributed by atoms with Gasteiger partial charge in [-0.3, -0.25) is 0 Å². The first kappa shape index (κ1) is 15.5. The van der Waals surface area contributed by atoms with Crippen LogP contribution in [0.2, 0.25) is 0 Å². The highest BCUT2D eigenvalue weighted by Gasteiger charge is 2.28. The molecule has 2 rings (SSSR count). The van der Waals surface area contributed by atoms with Crippen molar-refractivity contribution in [1.82, 2.24) is 9.62 Å². The van der Waals surface area contributed by atoms with Crippen LogP contribution in [0.25, 0.3) is 0 Å². The minimum absolute atomic E-state index is 0.419. The van der Waals surface area contributed by atoms with Gasteiger partial charge in [0.25, 0.3) is 0 Å². The smallest absolute Gasteiger partial charge is 0.243 e. The van der Waals surface area contributed by atoms with E-state index in [1.165, 1.54) is 0 Å². The molecule has 5 heteroatoms. The highest BCUT2D eigenvalue weighted by molar-refractivity contribution is 7.89. The Morgan fingerprint density at radius 3 is 2.55 bits per heavy atom. The summed E-state index contributed by atoms with van der Waals surface area (Å²) in [6, 6.07) is 5.42. The molecule has 1 aromatic carbocycles. The second-order valence-electron chi connectivity index (χ2n) is 5.71. The monoisotopic (exact) mass is 296 g/mol. The summed E-state index contributed by atoms with van der Waals surface area (Å²) < 4.78 is 27.0. The highest BCUT2D eigenvalue weighted by atomic mass is 32.2. The Balaban J connectivity index is 2.27. The minimum atomic E-state index is -3.34. The molecule has 1 aliphatic heterocycles. The zero-order chi connectivity index (χ0) is 14.8. The predicted molar refractivity (Wildman–Crippen MR) is 81.1 cm³/mol. The molecule has 0 atom stereocenters. The van der Waals surface area contributed by atoms with Gasteiger partial charge in [0.15, 0.2) is 0 Å². The van der Waals surface area contributed by atoms with E-state index < -0.39 is 10.0 Å². The van der Waals surface area contributed by atoms with Crippen molar-refractivity contribution in [2.45, 2.75) is 38.1 Å². The van der Waals surface area contributed by atoms with Crippen LogP contribution in [0.3, 0.4) is 0 Å². The number of nitrogens with one attached hydrogen (secondary N) is 1. The normalized spacial score (nSPS) is 18.4. The Hall–Kier alpha value is -0.910. The summed E-state index contributed by atoms with van der Waals surface area (Å²) in [5.74, 6) is 0.624. The Labute approximate surface area is 122 Å². The number of hydrogen-bond donors (Lipinski definition) is 1. The van der Waals surface area contributed by atoms with Crippen molar-refractivity contribution < 1.29 is 8.42 Å². The van der Waals surface area contributed by atoms with Crippen molar-refractivity contribution in [1.29, 1.82) is 0 Å². The largest absolute Gasteiger partial charge is 0.316 e. The molecule has 1 saturated heterocycles. The van der Waals surface area contributed by atoms with Crippen LogP contribution >= 0.6 is 0 Å². The van der Waals surface area contributed by atoms with E-state index in [4.69, 9.17) is 0 Å². The standard InChI is InChI=1S/C15H24N2O2S/c1-12-6-8-17(9-7-12)20(18,19)15-5-4-13(2)14(10-15)11-16-3/h4-5,10,12,16H,6-9,11H2,1-3H3. The molecule has 0 amide bonds. The van der Waals surface area contributed by atoms with Crippen molar-refractivity contribution in [2.75, 3.05) is 20.1 Å². The van der Waals surface area contributed by atoms with E-state index in [0.29, 0.717) is 30.4 Å². The SMILES string of the molecule is CNCc1cc(S(=O)(=O)N2CCC(C)CC2)ccc1C. The number of benzene rings is 1. The van der Waals surface area contributed by atoms with E-state index in [0.717, 1.165) is 24.0 Å². The van der Waals surface area contributed by atoms with Gasteiger partial charge in [-0.15, -0.1) is 0 Å². The molecule has 1 fully saturated rings. The molecule has 112 valence electrons. The molecule has 1 aliphatic rings. The van der Waals surface area contributed by atoms with Crippen LogP contribution in [0.4, 0.5) is 0 Å². The van der Waals surface area contributed by atoms with E-state index in [1.807, 2.05) is 20.0 Å². The summed E-state index contributed by atoms with van der Waals surface area (Å²) in [6.07, 6.45) is 1.91.